The first-order chi connectivity index (χ1) is 6.54. The second-order valence-corrected chi connectivity index (χ2v) is 4.73. The van der Waals surface area contributed by atoms with Crippen molar-refractivity contribution in [3.05, 3.63) is 0 Å². The average molecular weight is 213 g/mol. The standard InChI is InChI=1S/C10H19N3S/c1-8(12-13-9(11)14)10(2)6-4-3-5-7-10/h3-7H2,1-2H3,(H3,11,13,14)/b12-8-. The zero-order valence-corrected chi connectivity index (χ0v) is 9.78. The van der Waals surface area contributed by atoms with Gasteiger partial charge in [0.15, 0.2) is 5.11 Å². The lowest BCUT2D eigenvalue weighted by atomic mass is 9.73. The Labute approximate surface area is 91.1 Å². The van der Waals surface area contributed by atoms with E-state index in [1.807, 2.05) is 0 Å². The number of hydrogen-bond acceptors (Lipinski definition) is 2. The predicted octanol–water partition coefficient (Wildman–Crippen LogP) is 2.17. The van der Waals surface area contributed by atoms with Gasteiger partial charge in [-0.3, -0.25) is 5.43 Å². The molecule has 0 aliphatic heterocycles. The van der Waals surface area contributed by atoms with Crippen molar-refractivity contribution in [2.45, 2.75) is 46.0 Å². The summed E-state index contributed by atoms with van der Waals surface area (Å²) in [4.78, 5) is 0. The average Bonchev–Trinajstić information content (AvgIpc) is 2.15. The number of hydrogen-bond donors (Lipinski definition) is 2. The van der Waals surface area contributed by atoms with E-state index in [-0.39, 0.29) is 10.5 Å². The topological polar surface area (TPSA) is 50.4 Å². The summed E-state index contributed by atoms with van der Waals surface area (Å²) in [5, 5.41) is 4.46. The minimum absolute atomic E-state index is 0.240. The van der Waals surface area contributed by atoms with Gasteiger partial charge in [-0.15, -0.1) is 0 Å². The van der Waals surface area contributed by atoms with Gasteiger partial charge in [0, 0.05) is 11.1 Å². The fraction of sp³-hybridized carbons (Fsp3) is 0.800. The number of thiocarbonyl (C=S) groups is 1. The third-order valence-corrected chi connectivity index (χ3v) is 3.26. The van der Waals surface area contributed by atoms with Crippen molar-refractivity contribution in [2.75, 3.05) is 0 Å². The molecule has 0 amide bonds. The van der Waals surface area contributed by atoms with Gasteiger partial charge in [0.2, 0.25) is 0 Å². The normalized spacial score (nSPS) is 21.7. The Bertz CT molecular complexity index is 242. The summed E-state index contributed by atoms with van der Waals surface area (Å²) in [7, 11) is 0. The molecular formula is C10H19N3S. The van der Waals surface area contributed by atoms with Crippen LogP contribution in [-0.4, -0.2) is 10.8 Å². The maximum Gasteiger partial charge on any atom is 0.184 e. The minimum Gasteiger partial charge on any atom is -0.375 e. The van der Waals surface area contributed by atoms with Crippen LogP contribution in [0.1, 0.15) is 46.0 Å². The lowest BCUT2D eigenvalue weighted by Crippen LogP contribution is -2.32. The highest BCUT2D eigenvalue weighted by molar-refractivity contribution is 7.80. The van der Waals surface area contributed by atoms with Crippen molar-refractivity contribution in [3.8, 4) is 0 Å². The van der Waals surface area contributed by atoms with Crippen LogP contribution < -0.4 is 11.2 Å². The van der Waals surface area contributed by atoms with Crippen LogP contribution >= 0.6 is 12.2 Å². The Morgan fingerprint density at radius 2 is 1.93 bits per heavy atom. The molecule has 80 valence electrons. The third-order valence-electron chi connectivity index (χ3n) is 3.16. The fourth-order valence-electron chi connectivity index (χ4n) is 1.97. The van der Waals surface area contributed by atoms with Gasteiger partial charge >= 0.3 is 0 Å². The fourth-order valence-corrected chi connectivity index (χ4v) is 2.01. The highest BCUT2D eigenvalue weighted by atomic mass is 32.1. The summed E-state index contributed by atoms with van der Waals surface area (Å²) in [5.74, 6) is 0. The van der Waals surface area contributed by atoms with E-state index < -0.39 is 0 Å². The molecule has 0 spiro atoms. The molecule has 3 N–H and O–H groups in total. The highest BCUT2D eigenvalue weighted by Crippen LogP contribution is 2.36. The summed E-state index contributed by atoms with van der Waals surface area (Å²) in [5.41, 5.74) is 9.35. The van der Waals surface area contributed by atoms with Gasteiger partial charge < -0.3 is 5.73 Å². The third kappa shape index (κ3) is 2.94. The molecule has 0 aromatic heterocycles. The molecule has 0 radical (unpaired) electrons. The van der Waals surface area contributed by atoms with Crippen LogP contribution in [0.3, 0.4) is 0 Å². The van der Waals surface area contributed by atoms with Crippen LogP contribution in [0.15, 0.2) is 5.10 Å². The molecule has 0 unspecified atom stereocenters. The smallest absolute Gasteiger partial charge is 0.184 e. The molecule has 0 aromatic carbocycles. The lowest BCUT2D eigenvalue weighted by Gasteiger charge is -2.33. The second-order valence-electron chi connectivity index (χ2n) is 4.29. The predicted molar refractivity (Wildman–Crippen MR) is 64.2 cm³/mol. The molecular weight excluding hydrogens is 194 g/mol. The summed E-state index contributed by atoms with van der Waals surface area (Å²) < 4.78 is 0. The van der Waals surface area contributed by atoms with Gasteiger partial charge in [-0.1, -0.05) is 26.2 Å². The van der Waals surface area contributed by atoms with E-state index in [9.17, 15) is 0 Å². The van der Waals surface area contributed by atoms with E-state index in [0.29, 0.717) is 0 Å². The number of rotatable bonds is 2. The van der Waals surface area contributed by atoms with Crippen LogP contribution in [0, 0.1) is 5.41 Å². The molecule has 0 heterocycles. The van der Waals surface area contributed by atoms with E-state index in [0.717, 1.165) is 5.71 Å². The number of nitrogens with zero attached hydrogens (tertiary/aromatic N) is 1. The van der Waals surface area contributed by atoms with Gasteiger partial charge in [0.1, 0.15) is 0 Å². The Hall–Kier alpha value is -0.640. The molecule has 1 aliphatic rings. The molecule has 4 heteroatoms. The maximum atomic E-state index is 5.33. The molecule has 0 bridgehead atoms. The van der Waals surface area contributed by atoms with Crippen molar-refractivity contribution in [3.63, 3.8) is 0 Å². The van der Waals surface area contributed by atoms with E-state index in [4.69, 9.17) is 18.0 Å². The maximum absolute atomic E-state index is 5.33. The van der Waals surface area contributed by atoms with Crippen LogP contribution in [-0.2, 0) is 0 Å². The van der Waals surface area contributed by atoms with Crippen LogP contribution in [0.5, 0.6) is 0 Å². The van der Waals surface area contributed by atoms with Crippen molar-refractivity contribution in [1.29, 1.82) is 0 Å². The zero-order chi connectivity index (χ0) is 10.6. The molecule has 14 heavy (non-hydrogen) atoms. The Morgan fingerprint density at radius 3 is 2.43 bits per heavy atom. The Balaban J connectivity index is 2.60. The van der Waals surface area contributed by atoms with Crippen molar-refractivity contribution in [1.82, 2.24) is 5.43 Å². The second kappa shape index (κ2) is 4.73. The van der Waals surface area contributed by atoms with Crippen molar-refractivity contribution in [2.24, 2.45) is 16.3 Å². The quantitative estimate of drug-likeness (QED) is 0.420. The molecule has 0 saturated heterocycles. The molecule has 3 nitrogen and oxygen atoms in total. The molecule has 1 aliphatic carbocycles. The molecule has 0 atom stereocenters. The lowest BCUT2D eigenvalue weighted by molar-refractivity contribution is 0.310. The van der Waals surface area contributed by atoms with E-state index >= 15 is 0 Å². The Kier molecular flexibility index (Phi) is 3.86. The van der Waals surface area contributed by atoms with Gasteiger partial charge in [-0.25, -0.2) is 0 Å². The molecule has 1 rings (SSSR count). The summed E-state index contributed by atoms with van der Waals surface area (Å²) in [6.07, 6.45) is 6.40. The molecule has 1 saturated carbocycles. The first-order valence-electron chi connectivity index (χ1n) is 5.15. The van der Waals surface area contributed by atoms with E-state index in [1.165, 1.54) is 32.1 Å². The minimum atomic E-state index is 0.240. The molecule has 0 aromatic rings. The number of nitrogens with two attached hydrogens (primary N) is 1. The number of nitrogens with one attached hydrogen (secondary N) is 1. The van der Waals surface area contributed by atoms with Gasteiger partial charge in [-0.2, -0.15) is 5.10 Å². The van der Waals surface area contributed by atoms with Crippen LogP contribution in [0.25, 0.3) is 0 Å². The van der Waals surface area contributed by atoms with E-state index in [2.05, 4.69) is 24.4 Å². The molecule has 1 fully saturated rings. The Morgan fingerprint density at radius 1 is 1.36 bits per heavy atom. The SMILES string of the molecule is C/C(=N/NC(N)=S)C1(C)CCCCC1. The van der Waals surface area contributed by atoms with Crippen molar-refractivity contribution >= 4 is 23.0 Å². The van der Waals surface area contributed by atoms with Gasteiger partial charge in [0.25, 0.3) is 0 Å². The van der Waals surface area contributed by atoms with Crippen LogP contribution in [0.4, 0.5) is 0 Å². The number of hydrazone groups is 1. The zero-order valence-electron chi connectivity index (χ0n) is 8.97. The van der Waals surface area contributed by atoms with Gasteiger partial charge in [-0.05, 0) is 32.0 Å². The monoisotopic (exact) mass is 213 g/mol. The largest absolute Gasteiger partial charge is 0.375 e. The summed E-state index contributed by atoms with van der Waals surface area (Å²) in [6.45, 7) is 4.32. The van der Waals surface area contributed by atoms with Crippen LogP contribution in [0.2, 0.25) is 0 Å². The van der Waals surface area contributed by atoms with Crippen molar-refractivity contribution < 1.29 is 0 Å². The highest BCUT2D eigenvalue weighted by Gasteiger charge is 2.29. The summed E-state index contributed by atoms with van der Waals surface area (Å²) >= 11 is 4.71. The first-order valence-corrected chi connectivity index (χ1v) is 5.56. The summed E-state index contributed by atoms with van der Waals surface area (Å²) in [6, 6.07) is 0. The van der Waals surface area contributed by atoms with E-state index in [1.54, 1.807) is 0 Å². The van der Waals surface area contributed by atoms with Gasteiger partial charge in [0.05, 0.1) is 0 Å². The first kappa shape index (κ1) is 11.4.